The van der Waals surface area contributed by atoms with E-state index in [4.69, 9.17) is 12.2 Å². The molecule has 1 aliphatic carbocycles. The monoisotopic (exact) mass is 372 g/mol. The van der Waals surface area contributed by atoms with Crippen molar-refractivity contribution in [1.82, 2.24) is 4.90 Å². The summed E-state index contributed by atoms with van der Waals surface area (Å²) < 4.78 is 37.9. The molecule has 0 bridgehead atoms. The second-order valence-electron chi connectivity index (χ2n) is 5.24. The number of benzene rings is 1. The molecule has 0 unspecified atom stereocenters. The molecule has 0 aromatic heterocycles. The molecule has 2 rings (SSSR count). The van der Waals surface area contributed by atoms with Gasteiger partial charge in [0.2, 0.25) is 17.3 Å². The summed E-state index contributed by atoms with van der Waals surface area (Å²) in [5.41, 5.74) is -1.28. The van der Waals surface area contributed by atoms with Crippen LogP contribution in [0, 0.1) is 0 Å². The van der Waals surface area contributed by atoms with E-state index in [1.165, 1.54) is 18.2 Å². The lowest BCUT2D eigenvalue weighted by atomic mass is 10.1. The SMILES string of the molecule is CCN(CC)C(=S)Nc1ccc2c(c1)C(=O)/C(=C(/O)C(F)(F)F)C2=O. The van der Waals surface area contributed by atoms with Gasteiger partial charge < -0.3 is 15.3 Å². The predicted molar refractivity (Wildman–Crippen MR) is 90.0 cm³/mol. The largest absolute Gasteiger partial charge is 0.504 e. The maximum absolute atomic E-state index is 12.6. The Morgan fingerprint density at radius 3 is 2.24 bits per heavy atom. The molecule has 0 fully saturated rings. The van der Waals surface area contributed by atoms with Crippen LogP contribution in [0.2, 0.25) is 0 Å². The number of carbonyl (C=O) groups excluding carboxylic acids is 2. The van der Waals surface area contributed by atoms with Gasteiger partial charge in [-0.2, -0.15) is 13.2 Å². The number of nitrogens with one attached hydrogen (secondary N) is 1. The van der Waals surface area contributed by atoms with E-state index in [2.05, 4.69) is 5.32 Å². The third kappa shape index (κ3) is 3.51. The smallest absolute Gasteiger partial charge is 0.449 e. The molecule has 0 aliphatic heterocycles. The number of fused-ring (bicyclic) bond motifs is 1. The number of rotatable bonds is 3. The van der Waals surface area contributed by atoms with Crippen LogP contribution in [0.25, 0.3) is 0 Å². The van der Waals surface area contributed by atoms with E-state index >= 15 is 0 Å². The van der Waals surface area contributed by atoms with Gasteiger partial charge in [0.05, 0.1) is 0 Å². The van der Waals surface area contributed by atoms with Crippen LogP contribution in [0.5, 0.6) is 0 Å². The first-order valence-electron chi connectivity index (χ1n) is 7.41. The Labute approximate surface area is 147 Å². The fourth-order valence-corrected chi connectivity index (χ4v) is 2.83. The number of Topliss-reactive ketones (excluding diaryl/α,β-unsaturated/α-hetero) is 2. The molecule has 2 N–H and O–H groups in total. The zero-order chi connectivity index (χ0) is 18.9. The number of carbonyl (C=O) groups is 2. The average Bonchev–Trinajstić information content (AvgIpc) is 2.78. The number of aliphatic hydroxyl groups is 1. The van der Waals surface area contributed by atoms with E-state index in [0.29, 0.717) is 23.9 Å². The fourth-order valence-electron chi connectivity index (χ4n) is 2.45. The fraction of sp³-hybridized carbons (Fsp3) is 0.312. The summed E-state index contributed by atoms with van der Waals surface area (Å²) >= 11 is 5.21. The Morgan fingerprint density at radius 1 is 1.16 bits per heavy atom. The van der Waals surface area contributed by atoms with Gasteiger partial charge in [-0.15, -0.1) is 0 Å². The summed E-state index contributed by atoms with van der Waals surface area (Å²) in [5.74, 6) is -4.48. The Bertz CT molecular complexity index is 783. The third-order valence-electron chi connectivity index (χ3n) is 3.77. The predicted octanol–water partition coefficient (Wildman–Crippen LogP) is 3.48. The number of halogens is 3. The molecule has 0 radical (unpaired) electrons. The number of ketones is 2. The molecule has 1 aromatic rings. The third-order valence-corrected chi connectivity index (χ3v) is 4.13. The summed E-state index contributed by atoms with van der Waals surface area (Å²) in [5, 5.41) is 12.5. The zero-order valence-electron chi connectivity index (χ0n) is 13.4. The van der Waals surface area contributed by atoms with Crippen molar-refractivity contribution in [1.29, 1.82) is 0 Å². The highest BCUT2D eigenvalue weighted by Gasteiger charge is 2.45. The minimum absolute atomic E-state index is 0.185. The van der Waals surface area contributed by atoms with E-state index in [9.17, 15) is 27.9 Å². The molecule has 0 spiro atoms. The van der Waals surface area contributed by atoms with Crippen LogP contribution in [0.1, 0.15) is 34.6 Å². The summed E-state index contributed by atoms with van der Waals surface area (Å²) in [6.07, 6.45) is -5.17. The van der Waals surface area contributed by atoms with Gasteiger partial charge in [-0.05, 0) is 44.3 Å². The van der Waals surface area contributed by atoms with Crippen molar-refractivity contribution in [2.24, 2.45) is 0 Å². The molecule has 1 aliphatic rings. The standard InChI is InChI=1S/C16H15F3N2O3S/c1-3-21(4-2)15(25)20-8-5-6-9-10(7-8)13(23)11(12(9)22)14(24)16(17,18)19/h5-7,24H,3-4H2,1-2H3,(H,20,25)/b14-11+. The number of hydrogen-bond donors (Lipinski definition) is 2. The number of alkyl halides is 3. The number of anilines is 1. The topological polar surface area (TPSA) is 69.6 Å². The van der Waals surface area contributed by atoms with E-state index in [1.807, 2.05) is 18.7 Å². The van der Waals surface area contributed by atoms with Crippen molar-refractivity contribution < 1.29 is 27.9 Å². The Morgan fingerprint density at radius 2 is 1.72 bits per heavy atom. The average molecular weight is 372 g/mol. The van der Waals surface area contributed by atoms with Gasteiger partial charge in [-0.3, -0.25) is 9.59 Å². The van der Waals surface area contributed by atoms with Crippen LogP contribution in [0.3, 0.4) is 0 Å². The molecular weight excluding hydrogens is 357 g/mol. The number of nitrogens with zero attached hydrogens (tertiary/aromatic N) is 1. The molecule has 25 heavy (non-hydrogen) atoms. The number of allylic oxidation sites excluding steroid dienone is 2. The maximum atomic E-state index is 12.6. The van der Waals surface area contributed by atoms with E-state index in [1.54, 1.807) is 0 Å². The van der Waals surface area contributed by atoms with Crippen LogP contribution in [0.15, 0.2) is 29.5 Å². The lowest BCUT2D eigenvalue weighted by Crippen LogP contribution is -2.34. The minimum atomic E-state index is -5.17. The Kier molecular flexibility index (Phi) is 5.17. The van der Waals surface area contributed by atoms with E-state index in [-0.39, 0.29) is 11.1 Å². The highest BCUT2D eigenvalue weighted by atomic mass is 32.1. The Balaban J connectivity index is 2.39. The highest BCUT2D eigenvalue weighted by Crippen LogP contribution is 2.35. The van der Waals surface area contributed by atoms with Crippen molar-refractivity contribution in [3.63, 3.8) is 0 Å². The van der Waals surface area contributed by atoms with E-state index < -0.39 is 29.1 Å². The summed E-state index contributed by atoms with van der Waals surface area (Å²) in [6, 6.07) is 3.93. The number of hydrogen-bond acceptors (Lipinski definition) is 4. The van der Waals surface area contributed by atoms with Gasteiger partial charge in [0, 0.05) is 29.9 Å². The van der Waals surface area contributed by atoms with Crippen LogP contribution in [0.4, 0.5) is 18.9 Å². The van der Waals surface area contributed by atoms with Crippen molar-refractivity contribution in [2.45, 2.75) is 20.0 Å². The van der Waals surface area contributed by atoms with Gasteiger partial charge in [-0.1, -0.05) is 0 Å². The van der Waals surface area contributed by atoms with Crippen LogP contribution in [-0.4, -0.2) is 46.0 Å². The minimum Gasteiger partial charge on any atom is -0.504 e. The quantitative estimate of drug-likeness (QED) is 0.366. The first-order valence-corrected chi connectivity index (χ1v) is 7.82. The van der Waals surface area contributed by atoms with Gasteiger partial charge in [0.15, 0.2) is 5.11 Å². The summed E-state index contributed by atoms with van der Waals surface area (Å²) in [7, 11) is 0. The second-order valence-corrected chi connectivity index (χ2v) is 5.63. The van der Waals surface area contributed by atoms with Crippen LogP contribution < -0.4 is 5.32 Å². The molecule has 0 amide bonds. The number of aliphatic hydroxyl groups excluding tert-OH is 1. The molecule has 0 saturated heterocycles. The Hall–Kier alpha value is -2.42. The van der Waals surface area contributed by atoms with Crippen molar-refractivity contribution in [3.05, 3.63) is 40.7 Å². The van der Waals surface area contributed by atoms with Gasteiger partial charge in [0.25, 0.3) is 0 Å². The molecule has 0 saturated carbocycles. The lowest BCUT2D eigenvalue weighted by Gasteiger charge is -2.22. The molecular formula is C16H15F3N2O3S. The maximum Gasteiger partial charge on any atom is 0.449 e. The molecule has 0 atom stereocenters. The molecule has 0 heterocycles. The van der Waals surface area contributed by atoms with Gasteiger partial charge >= 0.3 is 6.18 Å². The van der Waals surface area contributed by atoms with Gasteiger partial charge in [0.1, 0.15) is 5.57 Å². The first kappa shape index (κ1) is 18.9. The first-order chi connectivity index (χ1) is 11.6. The normalized spacial score (nSPS) is 15.9. The molecule has 5 nitrogen and oxygen atoms in total. The zero-order valence-corrected chi connectivity index (χ0v) is 14.2. The molecule has 1 aromatic carbocycles. The van der Waals surface area contributed by atoms with Crippen LogP contribution >= 0.6 is 12.2 Å². The van der Waals surface area contributed by atoms with E-state index in [0.717, 1.165) is 0 Å². The summed E-state index contributed by atoms with van der Waals surface area (Å²) in [6.45, 7) is 5.10. The number of thiocarbonyl (C=S) groups is 1. The lowest BCUT2D eigenvalue weighted by molar-refractivity contribution is -0.121. The summed E-state index contributed by atoms with van der Waals surface area (Å²) in [4.78, 5) is 26.0. The van der Waals surface area contributed by atoms with Gasteiger partial charge in [-0.25, -0.2) is 0 Å². The van der Waals surface area contributed by atoms with Crippen molar-refractivity contribution in [3.8, 4) is 0 Å². The van der Waals surface area contributed by atoms with Crippen molar-refractivity contribution in [2.75, 3.05) is 18.4 Å². The van der Waals surface area contributed by atoms with Crippen molar-refractivity contribution >= 4 is 34.6 Å². The van der Waals surface area contributed by atoms with Crippen LogP contribution in [-0.2, 0) is 0 Å². The molecule has 9 heteroatoms. The highest BCUT2D eigenvalue weighted by molar-refractivity contribution is 7.80. The molecule has 134 valence electrons. The second kappa shape index (κ2) is 6.83.